The Hall–Kier alpha value is -2.76. The number of para-hydroxylation sites is 2. The average Bonchev–Trinajstić information content (AvgIpc) is 2.98. The maximum absolute atomic E-state index is 11.8. The predicted molar refractivity (Wildman–Crippen MR) is 86.9 cm³/mol. The minimum absolute atomic E-state index is 0.155. The molecule has 0 bridgehead atoms. The molecule has 0 aliphatic carbocycles. The van der Waals surface area contributed by atoms with Gasteiger partial charge in [0.2, 0.25) is 0 Å². The van der Waals surface area contributed by atoms with Gasteiger partial charge in [0.05, 0.1) is 6.61 Å². The lowest BCUT2D eigenvalue weighted by atomic mass is 10.3. The maximum Gasteiger partial charge on any atom is 0.277 e. The highest BCUT2D eigenvalue weighted by Crippen LogP contribution is 2.26. The Kier molecular flexibility index (Phi) is 5.80. The van der Waals surface area contributed by atoms with Gasteiger partial charge in [-0.3, -0.25) is 4.79 Å². The third-order valence-corrected chi connectivity index (χ3v) is 2.95. The standard InChI is InChI=1S/C17H20N2O4/c1-4-21-15-7-5-6-8-16(15)22-11-17(20)19-18-13(3)14-10-9-12(2)23-14/h5-10H,4,11H2,1-3H3,(H,19,20)/b18-13+. The molecule has 2 aromatic rings. The Morgan fingerprint density at radius 3 is 2.48 bits per heavy atom. The molecule has 1 amide bonds. The Morgan fingerprint density at radius 1 is 1.17 bits per heavy atom. The first-order chi connectivity index (χ1) is 11.1. The highest BCUT2D eigenvalue weighted by Gasteiger charge is 2.08. The van der Waals surface area contributed by atoms with Crippen LogP contribution in [-0.4, -0.2) is 24.8 Å². The van der Waals surface area contributed by atoms with Gasteiger partial charge in [-0.05, 0) is 45.0 Å². The summed E-state index contributed by atoms with van der Waals surface area (Å²) >= 11 is 0. The van der Waals surface area contributed by atoms with Gasteiger partial charge in [0.1, 0.15) is 17.2 Å². The van der Waals surface area contributed by atoms with Gasteiger partial charge < -0.3 is 13.9 Å². The lowest BCUT2D eigenvalue weighted by molar-refractivity contribution is -0.123. The van der Waals surface area contributed by atoms with Gasteiger partial charge in [0.25, 0.3) is 5.91 Å². The lowest BCUT2D eigenvalue weighted by Gasteiger charge is -2.10. The van der Waals surface area contributed by atoms with Gasteiger partial charge in [0, 0.05) is 0 Å². The third-order valence-electron chi connectivity index (χ3n) is 2.95. The van der Waals surface area contributed by atoms with Gasteiger partial charge in [-0.25, -0.2) is 5.43 Å². The van der Waals surface area contributed by atoms with Crippen LogP contribution in [0.2, 0.25) is 0 Å². The van der Waals surface area contributed by atoms with Crippen molar-refractivity contribution in [2.75, 3.05) is 13.2 Å². The summed E-state index contributed by atoms with van der Waals surface area (Å²) in [4.78, 5) is 11.8. The molecule has 6 nitrogen and oxygen atoms in total. The van der Waals surface area contributed by atoms with E-state index in [4.69, 9.17) is 13.9 Å². The third kappa shape index (κ3) is 4.88. The Bertz CT molecular complexity index is 691. The summed E-state index contributed by atoms with van der Waals surface area (Å²) in [5, 5.41) is 3.99. The molecule has 2 rings (SSSR count). The van der Waals surface area contributed by atoms with Gasteiger partial charge in [-0.2, -0.15) is 5.10 Å². The molecule has 0 saturated carbocycles. The molecule has 1 N–H and O–H groups in total. The fourth-order valence-electron chi connectivity index (χ4n) is 1.85. The molecule has 0 radical (unpaired) electrons. The second-order valence-corrected chi connectivity index (χ2v) is 4.81. The van der Waals surface area contributed by atoms with Crippen LogP contribution >= 0.6 is 0 Å². The van der Waals surface area contributed by atoms with Crippen molar-refractivity contribution in [1.82, 2.24) is 5.43 Å². The summed E-state index contributed by atoms with van der Waals surface area (Å²) in [5.41, 5.74) is 3.02. The fourth-order valence-corrected chi connectivity index (χ4v) is 1.85. The van der Waals surface area contributed by atoms with Crippen molar-refractivity contribution < 1.29 is 18.7 Å². The van der Waals surface area contributed by atoms with Crippen molar-refractivity contribution >= 4 is 11.6 Å². The summed E-state index contributed by atoms with van der Waals surface area (Å²) in [6.45, 7) is 5.86. The summed E-state index contributed by atoms with van der Waals surface area (Å²) in [6.07, 6.45) is 0. The fraction of sp³-hybridized carbons (Fsp3) is 0.294. The van der Waals surface area contributed by atoms with Crippen molar-refractivity contribution in [3.63, 3.8) is 0 Å². The minimum Gasteiger partial charge on any atom is -0.490 e. The van der Waals surface area contributed by atoms with E-state index < -0.39 is 0 Å². The van der Waals surface area contributed by atoms with Crippen molar-refractivity contribution in [3.8, 4) is 11.5 Å². The molecular weight excluding hydrogens is 296 g/mol. The molecular formula is C17H20N2O4. The number of aryl methyl sites for hydroxylation is 1. The van der Waals surface area contributed by atoms with Gasteiger partial charge in [-0.1, -0.05) is 12.1 Å². The molecule has 1 aromatic carbocycles. The number of benzene rings is 1. The first kappa shape index (κ1) is 16.6. The quantitative estimate of drug-likeness (QED) is 0.629. The van der Waals surface area contributed by atoms with Gasteiger partial charge in [0.15, 0.2) is 18.1 Å². The summed E-state index contributed by atoms with van der Waals surface area (Å²) in [7, 11) is 0. The molecule has 0 saturated heterocycles. The number of nitrogens with zero attached hydrogens (tertiary/aromatic N) is 1. The first-order valence-electron chi connectivity index (χ1n) is 7.34. The molecule has 6 heteroatoms. The largest absolute Gasteiger partial charge is 0.490 e. The van der Waals surface area contributed by atoms with Crippen molar-refractivity contribution in [2.24, 2.45) is 5.10 Å². The number of ether oxygens (including phenoxy) is 2. The van der Waals surface area contributed by atoms with Crippen LogP contribution in [0.3, 0.4) is 0 Å². The zero-order valence-electron chi connectivity index (χ0n) is 13.5. The van der Waals surface area contributed by atoms with Crippen molar-refractivity contribution in [2.45, 2.75) is 20.8 Å². The van der Waals surface area contributed by atoms with Crippen LogP contribution in [0.5, 0.6) is 11.5 Å². The zero-order chi connectivity index (χ0) is 16.7. The predicted octanol–water partition coefficient (Wildman–Crippen LogP) is 2.91. The number of hydrogen-bond acceptors (Lipinski definition) is 5. The number of amides is 1. The highest BCUT2D eigenvalue weighted by atomic mass is 16.5. The van der Waals surface area contributed by atoms with E-state index in [2.05, 4.69) is 10.5 Å². The van der Waals surface area contributed by atoms with E-state index in [0.29, 0.717) is 29.6 Å². The first-order valence-corrected chi connectivity index (χ1v) is 7.34. The van der Waals surface area contributed by atoms with Gasteiger partial charge in [-0.15, -0.1) is 0 Å². The Labute approximate surface area is 135 Å². The molecule has 0 unspecified atom stereocenters. The van der Waals surface area contributed by atoms with Crippen LogP contribution in [0.1, 0.15) is 25.4 Å². The lowest BCUT2D eigenvalue weighted by Crippen LogP contribution is -2.25. The molecule has 0 atom stereocenters. The molecule has 1 aromatic heterocycles. The Balaban J connectivity index is 1.88. The van der Waals surface area contributed by atoms with Crippen LogP contribution in [0.25, 0.3) is 0 Å². The van der Waals surface area contributed by atoms with Crippen LogP contribution in [-0.2, 0) is 4.79 Å². The highest BCUT2D eigenvalue weighted by molar-refractivity contribution is 5.96. The molecule has 23 heavy (non-hydrogen) atoms. The molecule has 1 heterocycles. The molecule has 0 fully saturated rings. The van der Waals surface area contributed by atoms with Crippen LogP contribution in [0, 0.1) is 6.92 Å². The number of hydrazone groups is 1. The monoisotopic (exact) mass is 316 g/mol. The summed E-state index contributed by atoms with van der Waals surface area (Å²) in [6, 6.07) is 10.8. The second-order valence-electron chi connectivity index (χ2n) is 4.81. The number of hydrogen-bond donors (Lipinski definition) is 1. The van der Waals surface area contributed by atoms with E-state index in [9.17, 15) is 4.79 Å². The average molecular weight is 316 g/mol. The number of furan rings is 1. The van der Waals surface area contributed by atoms with Gasteiger partial charge >= 0.3 is 0 Å². The van der Waals surface area contributed by atoms with E-state index in [0.717, 1.165) is 5.76 Å². The van der Waals surface area contributed by atoms with E-state index >= 15 is 0 Å². The summed E-state index contributed by atoms with van der Waals surface area (Å²) < 4.78 is 16.3. The van der Waals surface area contributed by atoms with E-state index in [1.54, 1.807) is 25.1 Å². The SMILES string of the molecule is CCOc1ccccc1OCC(=O)N/N=C(\C)c1ccc(C)o1. The molecule has 0 spiro atoms. The van der Waals surface area contributed by atoms with Crippen molar-refractivity contribution in [1.29, 1.82) is 0 Å². The number of rotatable bonds is 7. The van der Waals surface area contributed by atoms with E-state index in [1.165, 1.54) is 0 Å². The molecule has 122 valence electrons. The van der Waals surface area contributed by atoms with Crippen molar-refractivity contribution in [3.05, 3.63) is 47.9 Å². The Morgan fingerprint density at radius 2 is 1.87 bits per heavy atom. The molecule has 0 aliphatic heterocycles. The summed E-state index contributed by atoms with van der Waals surface area (Å²) in [5.74, 6) is 2.17. The molecule has 0 aliphatic rings. The zero-order valence-corrected chi connectivity index (χ0v) is 13.5. The van der Waals surface area contributed by atoms with E-state index in [1.807, 2.05) is 32.0 Å². The van der Waals surface area contributed by atoms with E-state index in [-0.39, 0.29) is 12.5 Å². The number of carbonyl (C=O) groups excluding carboxylic acids is 1. The van der Waals surface area contributed by atoms with Crippen LogP contribution < -0.4 is 14.9 Å². The normalized spacial score (nSPS) is 11.2. The maximum atomic E-state index is 11.8. The smallest absolute Gasteiger partial charge is 0.277 e. The number of nitrogens with one attached hydrogen (secondary N) is 1. The number of carbonyl (C=O) groups is 1. The van der Waals surface area contributed by atoms with Crippen LogP contribution in [0.15, 0.2) is 45.9 Å². The second kappa shape index (κ2) is 8.03. The topological polar surface area (TPSA) is 73.1 Å². The van der Waals surface area contributed by atoms with Crippen LogP contribution in [0.4, 0.5) is 0 Å². The minimum atomic E-state index is -0.362.